The molecule has 2 aliphatic heterocycles. The van der Waals surface area contributed by atoms with E-state index in [0.29, 0.717) is 17.0 Å². The van der Waals surface area contributed by atoms with Crippen LogP contribution >= 0.6 is 0 Å². The lowest BCUT2D eigenvalue weighted by Gasteiger charge is -2.46. The van der Waals surface area contributed by atoms with Gasteiger partial charge in [-0.25, -0.2) is 0 Å². The highest BCUT2D eigenvalue weighted by atomic mass is 16.5. The van der Waals surface area contributed by atoms with Crippen molar-refractivity contribution in [2.45, 2.75) is 18.4 Å². The highest BCUT2D eigenvalue weighted by Crippen LogP contribution is 2.53. The number of ether oxygens (including phenoxy) is 1. The maximum absolute atomic E-state index is 13.8. The number of terminal acetylenes is 1. The van der Waals surface area contributed by atoms with Gasteiger partial charge >= 0.3 is 0 Å². The molecule has 7 nitrogen and oxygen atoms in total. The van der Waals surface area contributed by atoms with E-state index in [1.807, 2.05) is 18.2 Å². The number of hydrogen-bond donors (Lipinski definition) is 1. The number of para-hydroxylation sites is 1. The maximum atomic E-state index is 13.8. The van der Waals surface area contributed by atoms with Crippen molar-refractivity contribution in [2.24, 2.45) is 11.7 Å². The van der Waals surface area contributed by atoms with Gasteiger partial charge in [0.25, 0.3) is 11.8 Å². The predicted octanol–water partition coefficient (Wildman–Crippen LogP) is 1.77. The molecule has 0 aromatic heterocycles. The van der Waals surface area contributed by atoms with E-state index in [1.165, 1.54) is 16.9 Å². The Bertz CT molecular complexity index is 1120. The van der Waals surface area contributed by atoms with Gasteiger partial charge in [0.15, 0.2) is 0 Å². The number of rotatable bonds is 4. The number of carbonyl (C=O) groups is 3. The number of fused-ring (bicyclic) bond motifs is 3. The molecule has 158 valence electrons. The highest BCUT2D eigenvalue weighted by Gasteiger charge is 2.63. The lowest BCUT2D eigenvalue weighted by atomic mass is 9.71. The van der Waals surface area contributed by atoms with Crippen LogP contribution < -0.4 is 15.4 Å². The van der Waals surface area contributed by atoms with Crippen molar-refractivity contribution in [1.29, 1.82) is 0 Å². The molecule has 2 aromatic carbocycles. The van der Waals surface area contributed by atoms with E-state index in [-0.39, 0.29) is 24.9 Å². The number of anilines is 1. The summed E-state index contributed by atoms with van der Waals surface area (Å²) in [6, 6.07) is 14.0. The standard InChI is InChI=1S/C24H23N3O4/c1-4-12-26-19-11-6-5-10-17(19)20-18(21(25)28)14-27(24(20,2)23(26)30)22(29)15-8-7-9-16(13-15)31-3/h1,5-11,13,18,20H,12,14H2,2-3H3,(H2,25,28)/t18-,20+,24-/m0/s1. The summed E-state index contributed by atoms with van der Waals surface area (Å²) in [6.07, 6.45) is 5.54. The number of carbonyl (C=O) groups excluding carboxylic acids is 3. The molecule has 31 heavy (non-hydrogen) atoms. The predicted molar refractivity (Wildman–Crippen MR) is 115 cm³/mol. The third-order valence-electron chi connectivity index (χ3n) is 6.37. The fourth-order valence-electron chi connectivity index (χ4n) is 4.91. The average molecular weight is 417 g/mol. The zero-order valence-electron chi connectivity index (χ0n) is 17.4. The second-order valence-electron chi connectivity index (χ2n) is 7.94. The van der Waals surface area contributed by atoms with Crippen molar-refractivity contribution in [3.8, 4) is 18.1 Å². The van der Waals surface area contributed by atoms with E-state index in [1.54, 1.807) is 37.3 Å². The second kappa shape index (κ2) is 7.47. The summed E-state index contributed by atoms with van der Waals surface area (Å²) in [5, 5.41) is 0. The Morgan fingerprint density at radius 1 is 1.26 bits per heavy atom. The van der Waals surface area contributed by atoms with Crippen LogP contribution in [0, 0.1) is 18.3 Å². The lowest BCUT2D eigenvalue weighted by Crippen LogP contribution is -2.61. The van der Waals surface area contributed by atoms with Crippen LogP contribution in [0.1, 0.15) is 28.8 Å². The normalized spacial score (nSPS) is 24.2. The van der Waals surface area contributed by atoms with Crippen LogP contribution in [0.3, 0.4) is 0 Å². The number of methoxy groups -OCH3 is 1. The molecule has 7 heteroatoms. The molecule has 0 saturated carbocycles. The first-order chi connectivity index (χ1) is 14.8. The molecule has 2 aromatic rings. The van der Waals surface area contributed by atoms with Gasteiger partial charge in [-0.2, -0.15) is 0 Å². The Morgan fingerprint density at radius 3 is 2.68 bits per heavy atom. The van der Waals surface area contributed by atoms with E-state index in [0.717, 1.165) is 5.56 Å². The van der Waals surface area contributed by atoms with Gasteiger partial charge in [-0.15, -0.1) is 6.42 Å². The molecule has 0 unspecified atom stereocenters. The van der Waals surface area contributed by atoms with Gasteiger partial charge < -0.3 is 15.4 Å². The second-order valence-corrected chi connectivity index (χ2v) is 7.94. The molecule has 4 rings (SSSR count). The molecule has 3 amide bonds. The number of amides is 3. The first-order valence-corrected chi connectivity index (χ1v) is 9.94. The van der Waals surface area contributed by atoms with Crippen molar-refractivity contribution < 1.29 is 19.1 Å². The highest BCUT2D eigenvalue weighted by molar-refractivity contribution is 6.09. The summed E-state index contributed by atoms with van der Waals surface area (Å²) >= 11 is 0. The molecular weight excluding hydrogens is 394 g/mol. The van der Waals surface area contributed by atoms with Gasteiger partial charge in [0.1, 0.15) is 11.3 Å². The number of hydrogen-bond acceptors (Lipinski definition) is 4. The Balaban J connectivity index is 1.89. The molecular formula is C24H23N3O4. The van der Waals surface area contributed by atoms with E-state index < -0.39 is 23.3 Å². The molecule has 2 heterocycles. The zero-order valence-corrected chi connectivity index (χ0v) is 17.4. The van der Waals surface area contributed by atoms with Crippen molar-refractivity contribution in [3.05, 3.63) is 59.7 Å². The maximum Gasteiger partial charge on any atom is 0.254 e. The summed E-state index contributed by atoms with van der Waals surface area (Å²) in [5.74, 6) is 0.515. The van der Waals surface area contributed by atoms with E-state index >= 15 is 0 Å². The van der Waals surface area contributed by atoms with Crippen molar-refractivity contribution in [2.75, 3.05) is 25.1 Å². The summed E-state index contributed by atoms with van der Waals surface area (Å²) < 4.78 is 5.23. The van der Waals surface area contributed by atoms with Crippen molar-refractivity contribution in [3.63, 3.8) is 0 Å². The first kappa shape index (κ1) is 20.5. The van der Waals surface area contributed by atoms with Gasteiger partial charge in [0.05, 0.1) is 19.6 Å². The molecule has 0 spiro atoms. The van der Waals surface area contributed by atoms with Gasteiger partial charge in [-0.3, -0.25) is 19.3 Å². The van der Waals surface area contributed by atoms with E-state index in [4.69, 9.17) is 16.9 Å². The minimum atomic E-state index is -1.31. The van der Waals surface area contributed by atoms with Gasteiger partial charge in [-0.05, 0) is 36.8 Å². The van der Waals surface area contributed by atoms with E-state index in [2.05, 4.69) is 5.92 Å². The van der Waals surface area contributed by atoms with Crippen LogP contribution in [0.25, 0.3) is 0 Å². The van der Waals surface area contributed by atoms with Gasteiger partial charge in [0, 0.05) is 23.7 Å². The number of likely N-dealkylation sites (tertiary alicyclic amines) is 1. The van der Waals surface area contributed by atoms with Crippen LogP contribution in [0.4, 0.5) is 5.69 Å². The van der Waals surface area contributed by atoms with Gasteiger partial charge in [-0.1, -0.05) is 30.2 Å². The first-order valence-electron chi connectivity index (χ1n) is 9.94. The van der Waals surface area contributed by atoms with Crippen LogP contribution in [-0.4, -0.2) is 48.4 Å². The molecule has 0 bridgehead atoms. The lowest BCUT2D eigenvalue weighted by molar-refractivity contribution is -0.128. The average Bonchev–Trinajstić information content (AvgIpc) is 3.11. The molecule has 1 fully saturated rings. The topological polar surface area (TPSA) is 92.9 Å². The van der Waals surface area contributed by atoms with Crippen molar-refractivity contribution in [1.82, 2.24) is 4.90 Å². The molecule has 1 saturated heterocycles. The minimum Gasteiger partial charge on any atom is -0.497 e. The zero-order chi connectivity index (χ0) is 22.3. The largest absolute Gasteiger partial charge is 0.497 e. The third-order valence-corrected chi connectivity index (χ3v) is 6.37. The molecule has 2 N–H and O–H groups in total. The molecule has 0 radical (unpaired) electrons. The third kappa shape index (κ3) is 2.95. The number of benzene rings is 2. The van der Waals surface area contributed by atoms with Crippen LogP contribution in [-0.2, 0) is 9.59 Å². The monoisotopic (exact) mass is 417 g/mol. The number of primary amides is 1. The summed E-state index contributed by atoms with van der Waals surface area (Å²) in [6.45, 7) is 1.79. The molecule has 3 atom stereocenters. The Kier molecular flexibility index (Phi) is 4.94. The summed E-state index contributed by atoms with van der Waals surface area (Å²) in [4.78, 5) is 42.7. The van der Waals surface area contributed by atoms with Crippen LogP contribution in [0.2, 0.25) is 0 Å². The smallest absolute Gasteiger partial charge is 0.254 e. The molecule has 0 aliphatic carbocycles. The number of nitrogens with zero attached hydrogens (tertiary/aromatic N) is 2. The quantitative estimate of drug-likeness (QED) is 0.768. The summed E-state index contributed by atoms with van der Waals surface area (Å²) in [5.41, 5.74) is 6.23. The fraction of sp³-hybridized carbons (Fsp3) is 0.292. The van der Waals surface area contributed by atoms with Crippen molar-refractivity contribution >= 4 is 23.4 Å². The Morgan fingerprint density at radius 2 is 2.00 bits per heavy atom. The number of nitrogens with two attached hydrogens (primary N) is 1. The Labute approximate surface area is 180 Å². The fourth-order valence-corrected chi connectivity index (χ4v) is 4.91. The van der Waals surface area contributed by atoms with Gasteiger partial charge in [0.2, 0.25) is 5.91 Å². The minimum absolute atomic E-state index is 0.0382. The van der Waals surface area contributed by atoms with Crippen LogP contribution in [0.15, 0.2) is 48.5 Å². The Hall–Kier alpha value is -3.79. The SMILES string of the molecule is C#CCN1C(=O)[C@]2(C)[C@H](c3ccccc31)[C@@H](C(N)=O)CN2C(=O)c1cccc(OC)c1. The summed E-state index contributed by atoms with van der Waals surface area (Å²) in [7, 11) is 1.51. The molecule has 2 aliphatic rings. The van der Waals surface area contributed by atoms with Crippen LogP contribution in [0.5, 0.6) is 5.75 Å². The van der Waals surface area contributed by atoms with E-state index in [9.17, 15) is 14.4 Å².